The molecule has 2 N–H and O–H groups in total. The molecule has 4 heterocycles. The zero-order valence-electron chi connectivity index (χ0n) is 20.8. The number of fused-ring (bicyclic) bond motifs is 1. The van der Waals surface area contributed by atoms with Gasteiger partial charge in [0.2, 0.25) is 0 Å². The van der Waals surface area contributed by atoms with Gasteiger partial charge in [-0.1, -0.05) is 0 Å². The van der Waals surface area contributed by atoms with Crippen molar-refractivity contribution >= 4 is 16.8 Å². The molecule has 1 amide bonds. The molecule has 12 heteroatoms. The number of rotatable bonds is 9. The lowest BCUT2D eigenvalue weighted by atomic mass is 10.1. The first-order valence-electron chi connectivity index (χ1n) is 11.8. The van der Waals surface area contributed by atoms with Crippen LogP contribution in [0, 0.1) is 0 Å². The van der Waals surface area contributed by atoms with Gasteiger partial charge in [-0.3, -0.25) is 14.7 Å². The Balaban J connectivity index is 1.53. The van der Waals surface area contributed by atoms with E-state index in [0.29, 0.717) is 43.8 Å². The van der Waals surface area contributed by atoms with E-state index < -0.39 is 23.2 Å². The topological polar surface area (TPSA) is 102 Å². The number of hydrogen-bond donors (Lipinski definition) is 2. The number of nitrogens with one attached hydrogen (secondary N) is 1. The van der Waals surface area contributed by atoms with Gasteiger partial charge < -0.3 is 24.5 Å². The Hall–Kier alpha value is -3.06. The highest BCUT2D eigenvalue weighted by Gasteiger charge is 2.37. The fourth-order valence-corrected chi connectivity index (χ4v) is 4.41. The Kier molecular flexibility index (Phi) is 7.83. The molecule has 0 aromatic carbocycles. The maximum Gasteiger partial charge on any atom is 0.417 e. The number of methoxy groups -OCH3 is 1. The Bertz CT molecular complexity index is 1220. The van der Waals surface area contributed by atoms with Crippen molar-refractivity contribution in [1.29, 1.82) is 0 Å². The number of pyridine rings is 2. The number of alkyl halides is 3. The van der Waals surface area contributed by atoms with Crippen molar-refractivity contribution in [3.63, 3.8) is 0 Å². The van der Waals surface area contributed by atoms with Crippen LogP contribution in [0.4, 0.5) is 13.2 Å². The second-order valence-corrected chi connectivity index (χ2v) is 9.71. The Morgan fingerprint density at radius 2 is 1.95 bits per heavy atom. The van der Waals surface area contributed by atoms with Crippen LogP contribution in [0.5, 0.6) is 0 Å². The maximum atomic E-state index is 13.2. The van der Waals surface area contributed by atoms with E-state index in [2.05, 4.69) is 15.3 Å². The highest BCUT2D eigenvalue weighted by molar-refractivity contribution is 5.96. The van der Waals surface area contributed by atoms with Crippen LogP contribution in [-0.4, -0.2) is 88.2 Å². The van der Waals surface area contributed by atoms with Gasteiger partial charge in [0.25, 0.3) is 5.91 Å². The van der Waals surface area contributed by atoms with Crippen LogP contribution in [0.3, 0.4) is 0 Å². The van der Waals surface area contributed by atoms with Crippen LogP contribution in [0.2, 0.25) is 0 Å². The lowest BCUT2D eigenvalue weighted by Crippen LogP contribution is -2.44. The van der Waals surface area contributed by atoms with E-state index in [0.717, 1.165) is 12.3 Å². The number of likely N-dealkylation sites (tertiary alicyclic amines) is 1. The van der Waals surface area contributed by atoms with Crippen molar-refractivity contribution < 1.29 is 32.5 Å². The van der Waals surface area contributed by atoms with Crippen molar-refractivity contribution in [2.45, 2.75) is 37.8 Å². The van der Waals surface area contributed by atoms with Crippen LogP contribution in [0.1, 0.15) is 29.9 Å². The lowest BCUT2D eigenvalue weighted by Gasteiger charge is -2.24. The average molecular weight is 522 g/mol. The summed E-state index contributed by atoms with van der Waals surface area (Å²) in [4.78, 5) is 23.4. The lowest BCUT2D eigenvalue weighted by molar-refractivity contribution is -0.137. The van der Waals surface area contributed by atoms with Gasteiger partial charge in [-0.2, -0.15) is 13.2 Å². The predicted molar refractivity (Wildman–Crippen MR) is 129 cm³/mol. The molecule has 200 valence electrons. The Morgan fingerprint density at radius 3 is 2.59 bits per heavy atom. The third-order valence-electron chi connectivity index (χ3n) is 6.02. The number of hydrogen-bond acceptors (Lipinski definition) is 7. The summed E-state index contributed by atoms with van der Waals surface area (Å²) in [7, 11) is 1.58. The largest absolute Gasteiger partial charge is 0.417 e. The molecule has 1 saturated heterocycles. The average Bonchev–Trinajstić information content (AvgIpc) is 3.40. The number of halogens is 3. The molecule has 0 saturated carbocycles. The van der Waals surface area contributed by atoms with E-state index in [9.17, 15) is 23.1 Å². The van der Waals surface area contributed by atoms with Crippen LogP contribution < -0.4 is 5.32 Å². The summed E-state index contributed by atoms with van der Waals surface area (Å²) in [5.41, 5.74) is -1.02. The quantitative estimate of drug-likeness (QED) is 0.418. The van der Waals surface area contributed by atoms with Crippen LogP contribution in [-0.2, 0) is 15.7 Å². The minimum Gasteiger partial charge on any atom is -0.389 e. The van der Waals surface area contributed by atoms with Gasteiger partial charge in [0.15, 0.2) is 0 Å². The summed E-state index contributed by atoms with van der Waals surface area (Å²) in [6, 6.07) is 5.22. The highest BCUT2D eigenvalue weighted by atomic mass is 19.4. The summed E-state index contributed by atoms with van der Waals surface area (Å²) in [6.45, 7) is 5.66. The normalized spacial score (nSPS) is 19.0. The van der Waals surface area contributed by atoms with E-state index in [1.165, 1.54) is 12.3 Å². The van der Waals surface area contributed by atoms with Gasteiger partial charge in [-0.25, -0.2) is 4.98 Å². The molecule has 0 unspecified atom stereocenters. The first-order chi connectivity index (χ1) is 17.4. The number of nitrogens with zero attached hydrogens (tertiary/aromatic N) is 4. The van der Waals surface area contributed by atoms with Crippen LogP contribution >= 0.6 is 0 Å². The van der Waals surface area contributed by atoms with E-state index in [1.807, 2.05) is 4.90 Å². The summed E-state index contributed by atoms with van der Waals surface area (Å²) >= 11 is 0. The molecule has 9 nitrogen and oxygen atoms in total. The molecule has 2 atom stereocenters. The predicted octanol–water partition coefficient (Wildman–Crippen LogP) is 2.66. The molecule has 0 aliphatic carbocycles. The maximum absolute atomic E-state index is 13.2. The molecule has 3 aromatic rings. The molecule has 1 fully saturated rings. The zero-order valence-corrected chi connectivity index (χ0v) is 20.8. The SMILES string of the molecule is COCCO[C@@H]1CN(CC(C)(C)O)C[C@H]1NC(=O)c1cc2c(ccn2-c2ccc(C(F)(F)F)cn2)cn1. The van der Waals surface area contributed by atoms with Crippen molar-refractivity contribution in [1.82, 2.24) is 24.8 Å². The number of carbonyl (C=O) groups excluding carboxylic acids is 1. The number of ether oxygens (including phenoxy) is 2. The second-order valence-electron chi connectivity index (χ2n) is 9.71. The summed E-state index contributed by atoms with van der Waals surface area (Å²) < 4.78 is 51.3. The fourth-order valence-electron chi connectivity index (χ4n) is 4.41. The minimum atomic E-state index is -4.48. The van der Waals surface area contributed by atoms with Crippen molar-refractivity contribution in [2.75, 3.05) is 40.0 Å². The molecule has 0 radical (unpaired) electrons. The Labute approximate surface area is 212 Å². The summed E-state index contributed by atoms with van der Waals surface area (Å²) in [6.07, 6.45) is -0.807. The molecule has 4 rings (SSSR count). The van der Waals surface area contributed by atoms with E-state index in [-0.39, 0.29) is 23.7 Å². The fraction of sp³-hybridized carbons (Fsp3) is 0.480. The standard InChI is InChI=1S/C25H30F3N5O4/c1-24(2,35)15-32-13-19(21(14-32)37-9-8-36-3)31-23(34)18-10-20-16(11-29-18)6-7-33(20)22-5-4-17(12-30-22)25(26,27)28/h4-7,10-12,19,21,35H,8-9,13-15H2,1-3H3,(H,31,34)/t19-,21-/m1/s1. The molecule has 1 aliphatic heterocycles. The van der Waals surface area contributed by atoms with Gasteiger partial charge in [0.1, 0.15) is 11.5 Å². The van der Waals surface area contributed by atoms with Gasteiger partial charge in [-0.05, 0) is 38.1 Å². The summed E-state index contributed by atoms with van der Waals surface area (Å²) in [5.74, 6) is -0.129. The molecule has 1 aliphatic rings. The number of amides is 1. The first-order valence-corrected chi connectivity index (χ1v) is 11.8. The van der Waals surface area contributed by atoms with Crippen LogP contribution in [0.15, 0.2) is 42.9 Å². The monoisotopic (exact) mass is 521 g/mol. The summed E-state index contributed by atoms with van der Waals surface area (Å²) in [5, 5.41) is 13.9. The van der Waals surface area contributed by atoms with Crippen LogP contribution in [0.25, 0.3) is 16.7 Å². The molecular formula is C25H30F3N5O4. The van der Waals surface area contributed by atoms with Gasteiger partial charge >= 0.3 is 6.18 Å². The van der Waals surface area contributed by atoms with E-state index >= 15 is 0 Å². The van der Waals surface area contributed by atoms with Crippen molar-refractivity contribution in [3.05, 3.63) is 54.1 Å². The zero-order chi connectivity index (χ0) is 26.8. The number of aromatic nitrogens is 3. The molecule has 3 aromatic heterocycles. The molecular weight excluding hydrogens is 491 g/mol. The molecule has 0 bridgehead atoms. The third-order valence-corrected chi connectivity index (χ3v) is 6.02. The first kappa shape index (κ1) is 27.0. The second kappa shape index (κ2) is 10.7. The van der Waals surface area contributed by atoms with E-state index in [4.69, 9.17) is 9.47 Å². The smallest absolute Gasteiger partial charge is 0.389 e. The van der Waals surface area contributed by atoms with Crippen molar-refractivity contribution in [3.8, 4) is 5.82 Å². The molecule has 37 heavy (non-hydrogen) atoms. The highest BCUT2D eigenvalue weighted by Crippen LogP contribution is 2.29. The number of aliphatic hydroxyl groups is 1. The van der Waals surface area contributed by atoms with Gasteiger partial charge in [-0.15, -0.1) is 0 Å². The number of carbonyl (C=O) groups is 1. The van der Waals surface area contributed by atoms with Gasteiger partial charge in [0.05, 0.1) is 42.0 Å². The third kappa shape index (κ3) is 6.63. The molecule has 0 spiro atoms. The Morgan fingerprint density at radius 1 is 1.16 bits per heavy atom. The van der Waals surface area contributed by atoms with E-state index in [1.54, 1.807) is 43.9 Å². The van der Waals surface area contributed by atoms with Gasteiger partial charge in [0, 0.05) is 50.7 Å². The minimum absolute atomic E-state index is 0.149. The van der Waals surface area contributed by atoms with Crippen molar-refractivity contribution in [2.24, 2.45) is 0 Å². The number of β-amino-alcohol motifs (C(OH)–C–C–N with tert-alkyl or cyclic N) is 1.